The molecule has 0 unspecified atom stereocenters. The summed E-state index contributed by atoms with van der Waals surface area (Å²) in [4.78, 5) is 13.4. The van der Waals surface area contributed by atoms with Gasteiger partial charge in [-0.1, -0.05) is 0 Å². The minimum Gasteiger partial charge on any atom is -0.493 e. The van der Waals surface area contributed by atoms with Gasteiger partial charge in [-0.25, -0.2) is 0 Å². The highest BCUT2D eigenvalue weighted by Gasteiger charge is 2.17. The van der Waals surface area contributed by atoms with E-state index in [0.717, 1.165) is 5.56 Å². The average molecular weight is 302 g/mol. The first kappa shape index (κ1) is 15.7. The van der Waals surface area contributed by atoms with Crippen molar-refractivity contribution in [3.05, 3.63) is 23.8 Å². The van der Waals surface area contributed by atoms with E-state index in [9.17, 15) is 4.79 Å². The molecule has 1 aromatic rings. The largest absolute Gasteiger partial charge is 0.493 e. The summed E-state index contributed by atoms with van der Waals surface area (Å²) in [5.74, 6) is 1.60. The van der Waals surface area contributed by atoms with Gasteiger partial charge in [0.05, 0.1) is 19.6 Å². The normalized spacial score (nSPS) is 12.8. The van der Waals surface area contributed by atoms with Crippen LogP contribution < -0.4 is 14.2 Å². The molecule has 6 nitrogen and oxygen atoms in total. The Labute approximate surface area is 129 Å². The molecule has 22 heavy (non-hydrogen) atoms. The molecular formula is C16H18N2O4. The summed E-state index contributed by atoms with van der Waals surface area (Å²) in [6, 6.07) is 5.60. The maximum atomic E-state index is 11.9. The maximum absolute atomic E-state index is 11.9. The SMILES string of the molecule is COc1cc(/C=C/C(=O)N(C)CCC#N)cc2c1OCCO2. The summed E-state index contributed by atoms with van der Waals surface area (Å²) in [5, 5.41) is 8.53. The lowest BCUT2D eigenvalue weighted by atomic mass is 10.1. The second-order valence-corrected chi connectivity index (χ2v) is 4.75. The first-order valence-electron chi connectivity index (χ1n) is 6.93. The molecule has 0 saturated carbocycles. The van der Waals surface area contributed by atoms with Gasteiger partial charge in [0.1, 0.15) is 13.2 Å². The van der Waals surface area contributed by atoms with Crippen LogP contribution in [0, 0.1) is 11.3 Å². The van der Waals surface area contributed by atoms with E-state index in [4.69, 9.17) is 19.5 Å². The van der Waals surface area contributed by atoms with Crippen molar-refractivity contribution in [1.82, 2.24) is 4.90 Å². The average Bonchev–Trinajstić information content (AvgIpc) is 2.56. The van der Waals surface area contributed by atoms with Crippen LogP contribution in [0.4, 0.5) is 0 Å². The van der Waals surface area contributed by atoms with E-state index in [1.165, 1.54) is 11.0 Å². The Morgan fingerprint density at radius 3 is 2.95 bits per heavy atom. The minimum absolute atomic E-state index is 0.163. The summed E-state index contributed by atoms with van der Waals surface area (Å²) in [6.07, 6.45) is 3.46. The van der Waals surface area contributed by atoms with E-state index in [0.29, 0.717) is 43.4 Å². The lowest BCUT2D eigenvalue weighted by Crippen LogP contribution is -2.25. The summed E-state index contributed by atoms with van der Waals surface area (Å²) in [7, 11) is 3.22. The molecule has 0 spiro atoms. The highest BCUT2D eigenvalue weighted by Crippen LogP contribution is 2.40. The van der Waals surface area contributed by atoms with Crippen molar-refractivity contribution in [2.75, 3.05) is 33.9 Å². The van der Waals surface area contributed by atoms with Crippen LogP contribution in [-0.2, 0) is 4.79 Å². The number of nitrogens with zero attached hydrogens (tertiary/aromatic N) is 2. The molecule has 0 atom stereocenters. The predicted octanol–water partition coefficient (Wildman–Crippen LogP) is 1.85. The Balaban J connectivity index is 2.14. The van der Waals surface area contributed by atoms with Gasteiger partial charge in [0.15, 0.2) is 11.5 Å². The summed E-state index contributed by atoms with van der Waals surface area (Å²) in [5.41, 5.74) is 0.781. The molecule has 0 aromatic heterocycles. The Hall–Kier alpha value is -2.68. The number of carbonyl (C=O) groups excluding carboxylic acids is 1. The first-order valence-corrected chi connectivity index (χ1v) is 6.93. The highest BCUT2D eigenvalue weighted by atomic mass is 16.6. The fraction of sp³-hybridized carbons (Fsp3) is 0.375. The quantitative estimate of drug-likeness (QED) is 0.776. The molecule has 0 fully saturated rings. The maximum Gasteiger partial charge on any atom is 0.246 e. The topological polar surface area (TPSA) is 71.8 Å². The Morgan fingerprint density at radius 1 is 1.45 bits per heavy atom. The van der Waals surface area contributed by atoms with Gasteiger partial charge in [-0.2, -0.15) is 5.26 Å². The molecule has 1 aliphatic heterocycles. The molecule has 1 amide bonds. The molecule has 1 aromatic carbocycles. The summed E-state index contributed by atoms with van der Waals surface area (Å²) < 4.78 is 16.4. The molecule has 0 radical (unpaired) electrons. The van der Waals surface area contributed by atoms with Gasteiger partial charge < -0.3 is 19.1 Å². The van der Waals surface area contributed by atoms with E-state index in [1.807, 2.05) is 6.07 Å². The summed E-state index contributed by atoms with van der Waals surface area (Å²) >= 11 is 0. The second-order valence-electron chi connectivity index (χ2n) is 4.75. The molecule has 1 heterocycles. The molecule has 2 rings (SSSR count). The van der Waals surface area contributed by atoms with Crippen LogP contribution in [-0.4, -0.2) is 44.7 Å². The van der Waals surface area contributed by atoms with Crippen molar-refractivity contribution in [3.8, 4) is 23.3 Å². The van der Waals surface area contributed by atoms with Crippen molar-refractivity contribution in [2.45, 2.75) is 6.42 Å². The van der Waals surface area contributed by atoms with Crippen LogP contribution in [0.1, 0.15) is 12.0 Å². The third-order valence-electron chi connectivity index (χ3n) is 3.20. The number of fused-ring (bicyclic) bond motifs is 1. The number of hydrogen-bond acceptors (Lipinski definition) is 5. The van der Waals surface area contributed by atoms with Gasteiger partial charge in [0.25, 0.3) is 0 Å². The molecule has 1 aliphatic rings. The number of benzene rings is 1. The predicted molar refractivity (Wildman–Crippen MR) is 80.9 cm³/mol. The van der Waals surface area contributed by atoms with Crippen LogP contribution in [0.2, 0.25) is 0 Å². The van der Waals surface area contributed by atoms with Crippen molar-refractivity contribution < 1.29 is 19.0 Å². The van der Waals surface area contributed by atoms with Crippen molar-refractivity contribution in [1.29, 1.82) is 5.26 Å². The van der Waals surface area contributed by atoms with Crippen LogP contribution in [0.15, 0.2) is 18.2 Å². The van der Waals surface area contributed by atoms with E-state index >= 15 is 0 Å². The molecule has 6 heteroatoms. The Bertz CT molecular complexity index is 602. The molecular weight excluding hydrogens is 284 g/mol. The van der Waals surface area contributed by atoms with Crippen LogP contribution in [0.25, 0.3) is 6.08 Å². The first-order chi connectivity index (χ1) is 10.7. The lowest BCUT2D eigenvalue weighted by Gasteiger charge is -2.21. The highest BCUT2D eigenvalue weighted by molar-refractivity contribution is 5.91. The number of likely N-dealkylation sites (N-methyl/N-ethyl adjacent to an activating group) is 1. The molecule has 0 aliphatic carbocycles. The molecule has 0 saturated heterocycles. The third-order valence-corrected chi connectivity index (χ3v) is 3.20. The fourth-order valence-electron chi connectivity index (χ4n) is 2.01. The van der Waals surface area contributed by atoms with Crippen molar-refractivity contribution in [2.24, 2.45) is 0 Å². The molecule has 116 valence electrons. The monoisotopic (exact) mass is 302 g/mol. The number of carbonyl (C=O) groups is 1. The fourth-order valence-corrected chi connectivity index (χ4v) is 2.01. The zero-order valence-corrected chi connectivity index (χ0v) is 12.7. The zero-order valence-electron chi connectivity index (χ0n) is 12.7. The Morgan fingerprint density at radius 2 is 2.23 bits per heavy atom. The number of nitriles is 1. The molecule has 0 bridgehead atoms. The van der Waals surface area contributed by atoms with Crippen molar-refractivity contribution in [3.63, 3.8) is 0 Å². The van der Waals surface area contributed by atoms with Gasteiger partial charge in [-0.15, -0.1) is 0 Å². The van der Waals surface area contributed by atoms with Gasteiger partial charge in [-0.3, -0.25) is 4.79 Å². The number of hydrogen-bond donors (Lipinski definition) is 0. The van der Waals surface area contributed by atoms with E-state index < -0.39 is 0 Å². The third kappa shape index (κ3) is 3.70. The zero-order chi connectivity index (χ0) is 15.9. The second kappa shape index (κ2) is 7.36. The van der Waals surface area contributed by atoms with Gasteiger partial charge >= 0.3 is 0 Å². The van der Waals surface area contributed by atoms with E-state index in [1.54, 1.807) is 32.4 Å². The summed E-state index contributed by atoms with van der Waals surface area (Å²) in [6.45, 7) is 1.38. The van der Waals surface area contributed by atoms with E-state index in [-0.39, 0.29) is 5.91 Å². The van der Waals surface area contributed by atoms with Gasteiger partial charge in [0.2, 0.25) is 11.7 Å². The van der Waals surface area contributed by atoms with Crippen LogP contribution >= 0.6 is 0 Å². The van der Waals surface area contributed by atoms with Crippen LogP contribution in [0.5, 0.6) is 17.2 Å². The molecule has 0 N–H and O–H groups in total. The smallest absolute Gasteiger partial charge is 0.246 e. The lowest BCUT2D eigenvalue weighted by molar-refractivity contribution is -0.124. The van der Waals surface area contributed by atoms with Gasteiger partial charge in [-0.05, 0) is 23.8 Å². The van der Waals surface area contributed by atoms with E-state index in [2.05, 4.69) is 0 Å². The minimum atomic E-state index is -0.163. The number of amides is 1. The standard InChI is InChI=1S/C16H18N2O4/c1-18(7-3-6-17)15(19)5-4-12-10-13(20-2)16-14(11-12)21-8-9-22-16/h4-5,10-11H,3,7-9H2,1-2H3/b5-4+. The number of ether oxygens (including phenoxy) is 3. The number of rotatable bonds is 5. The van der Waals surface area contributed by atoms with Crippen LogP contribution in [0.3, 0.4) is 0 Å². The number of methoxy groups -OCH3 is 1. The van der Waals surface area contributed by atoms with Gasteiger partial charge in [0, 0.05) is 19.7 Å². The van der Waals surface area contributed by atoms with Crippen molar-refractivity contribution >= 4 is 12.0 Å². The Kier molecular flexibility index (Phi) is 5.26.